The van der Waals surface area contributed by atoms with Gasteiger partial charge in [0.05, 0.1) is 21.3 Å². The topological polar surface area (TPSA) is 83.1 Å². The van der Waals surface area contributed by atoms with Crippen LogP contribution < -0.4 is 19.5 Å². The highest BCUT2D eigenvalue weighted by Gasteiger charge is 2.11. The molecule has 0 unspecified atom stereocenters. The molecule has 7 nitrogen and oxygen atoms in total. The smallest absolute Gasteiger partial charge is 0.331 e. The molecule has 0 heterocycles. The summed E-state index contributed by atoms with van der Waals surface area (Å²) in [6.45, 7) is 0.125. The lowest BCUT2D eigenvalue weighted by molar-refractivity contribution is -0.143. The highest BCUT2D eigenvalue weighted by Crippen LogP contribution is 2.35. The quantitative estimate of drug-likeness (QED) is 0.489. The Balaban J connectivity index is 1.84. The van der Waals surface area contributed by atoms with E-state index in [2.05, 4.69) is 5.32 Å². The van der Waals surface area contributed by atoms with Crippen LogP contribution >= 0.6 is 0 Å². The number of rotatable bonds is 10. The maximum absolute atomic E-state index is 11.9. The fourth-order valence-corrected chi connectivity index (χ4v) is 2.57. The molecule has 0 saturated heterocycles. The summed E-state index contributed by atoms with van der Waals surface area (Å²) in [6, 6.07) is 13.1. The van der Waals surface area contributed by atoms with Crippen LogP contribution in [0.15, 0.2) is 48.5 Å². The summed E-state index contributed by atoms with van der Waals surface area (Å²) in [7, 11) is 4.55. The maximum Gasteiger partial charge on any atom is 0.331 e. The molecule has 2 aromatic rings. The molecule has 0 radical (unpaired) electrons. The summed E-state index contributed by atoms with van der Waals surface area (Å²) in [5.74, 6) is 0.521. The van der Waals surface area contributed by atoms with E-state index in [1.807, 2.05) is 30.3 Å². The Labute approximate surface area is 170 Å². The molecule has 0 aliphatic heterocycles. The molecule has 7 heteroatoms. The van der Waals surface area contributed by atoms with Gasteiger partial charge in [0.25, 0.3) is 5.91 Å². The van der Waals surface area contributed by atoms with E-state index in [1.165, 1.54) is 33.5 Å². The standard InChI is InChI=1S/C22H25NO6/c1-26-18-14-20(28-3)19(27-2)13-17(18)9-10-22(25)29-15-21(24)23-12-11-16-7-5-4-6-8-16/h4-10,13-14H,11-12,15H2,1-3H3,(H,23,24)/b10-9+. The average Bonchev–Trinajstić information content (AvgIpc) is 2.76. The molecular formula is C22H25NO6. The van der Waals surface area contributed by atoms with E-state index in [9.17, 15) is 9.59 Å². The lowest BCUT2D eigenvalue weighted by Gasteiger charge is -2.12. The lowest BCUT2D eigenvalue weighted by atomic mass is 10.1. The first kappa shape index (κ1) is 21.8. The highest BCUT2D eigenvalue weighted by atomic mass is 16.5. The largest absolute Gasteiger partial charge is 0.496 e. The molecule has 0 aliphatic rings. The van der Waals surface area contributed by atoms with Gasteiger partial charge in [-0.25, -0.2) is 4.79 Å². The highest BCUT2D eigenvalue weighted by molar-refractivity contribution is 5.89. The van der Waals surface area contributed by atoms with Gasteiger partial charge in [0.1, 0.15) is 5.75 Å². The summed E-state index contributed by atoms with van der Waals surface area (Å²) in [5, 5.41) is 2.72. The van der Waals surface area contributed by atoms with Gasteiger partial charge in [0.2, 0.25) is 0 Å². The second-order valence-electron chi connectivity index (χ2n) is 5.98. The van der Waals surface area contributed by atoms with Crippen molar-refractivity contribution in [3.8, 4) is 17.2 Å². The Morgan fingerprint density at radius 3 is 2.24 bits per heavy atom. The van der Waals surface area contributed by atoms with Crippen molar-refractivity contribution in [3.63, 3.8) is 0 Å². The van der Waals surface area contributed by atoms with Crippen molar-refractivity contribution in [2.24, 2.45) is 0 Å². The van der Waals surface area contributed by atoms with Gasteiger partial charge in [-0.1, -0.05) is 30.3 Å². The summed E-state index contributed by atoms with van der Waals surface area (Å²) < 4.78 is 20.7. The van der Waals surface area contributed by atoms with Crippen molar-refractivity contribution < 1.29 is 28.5 Å². The Morgan fingerprint density at radius 2 is 1.59 bits per heavy atom. The fraction of sp³-hybridized carbons (Fsp3) is 0.273. The second-order valence-corrected chi connectivity index (χ2v) is 5.98. The van der Waals surface area contributed by atoms with Gasteiger partial charge >= 0.3 is 5.97 Å². The number of ether oxygens (including phenoxy) is 4. The number of esters is 1. The summed E-state index contributed by atoms with van der Waals surface area (Å²) in [4.78, 5) is 23.7. The molecule has 0 saturated carbocycles. The molecule has 1 amide bonds. The number of hydrogen-bond acceptors (Lipinski definition) is 6. The molecule has 2 aromatic carbocycles. The number of methoxy groups -OCH3 is 3. The molecule has 0 aromatic heterocycles. The van der Waals surface area contributed by atoms with Crippen LogP contribution in [0.2, 0.25) is 0 Å². The Hall–Kier alpha value is -3.48. The minimum Gasteiger partial charge on any atom is -0.496 e. The summed E-state index contributed by atoms with van der Waals surface area (Å²) in [6.07, 6.45) is 3.46. The van der Waals surface area contributed by atoms with E-state index in [0.717, 1.165) is 5.56 Å². The van der Waals surface area contributed by atoms with E-state index in [1.54, 1.807) is 12.1 Å². The van der Waals surface area contributed by atoms with Crippen LogP contribution in [0.4, 0.5) is 0 Å². The van der Waals surface area contributed by atoms with E-state index in [-0.39, 0.29) is 12.5 Å². The van der Waals surface area contributed by atoms with E-state index < -0.39 is 5.97 Å². The third-order valence-electron chi connectivity index (χ3n) is 4.06. The van der Waals surface area contributed by atoms with Crippen molar-refractivity contribution in [2.45, 2.75) is 6.42 Å². The van der Waals surface area contributed by atoms with E-state index in [4.69, 9.17) is 18.9 Å². The molecule has 29 heavy (non-hydrogen) atoms. The van der Waals surface area contributed by atoms with Crippen LogP contribution in [0.3, 0.4) is 0 Å². The number of carbonyl (C=O) groups is 2. The predicted molar refractivity (Wildman–Crippen MR) is 109 cm³/mol. The van der Waals surface area contributed by atoms with Crippen LogP contribution in [0.25, 0.3) is 6.08 Å². The molecule has 0 spiro atoms. The molecule has 2 rings (SSSR count). The first-order chi connectivity index (χ1) is 14.1. The molecule has 0 fully saturated rings. The third-order valence-corrected chi connectivity index (χ3v) is 4.06. The van der Waals surface area contributed by atoms with Gasteiger partial charge in [0, 0.05) is 24.3 Å². The van der Waals surface area contributed by atoms with Crippen LogP contribution in [0.1, 0.15) is 11.1 Å². The number of carbonyl (C=O) groups excluding carboxylic acids is 2. The van der Waals surface area contributed by atoms with Crippen LogP contribution in [0.5, 0.6) is 17.2 Å². The fourth-order valence-electron chi connectivity index (χ4n) is 2.57. The molecular weight excluding hydrogens is 374 g/mol. The Bertz CT molecular complexity index is 848. The molecule has 0 aliphatic carbocycles. The number of benzene rings is 2. The van der Waals surface area contributed by atoms with Crippen molar-refractivity contribution in [3.05, 3.63) is 59.7 Å². The maximum atomic E-state index is 11.9. The van der Waals surface area contributed by atoms with Gasteiger partial charge in [0.15, 0.2) is 18.1 Å². The van der Waals surface area contributed by atoms with Gasteiger partial charge in [-0.3, -0.25) is 4.79 Å². The third kappa shape index (κ3) is 6.88. The molecule has 154 valence electrons. The molecule has 0 atom stereocenters. The van der Waals surface area contributed by atoms with Crippen LogP contribution in [-0.4, -0.2) is 46.4 Å². The van der Waals surface area contributed by atoms with Gasteiger partial charge in [-0.05, 0) is 24.1 Å². The van der Waals surface area contributed by atoms with Crippen LogP contribution in [-0.2, 0) is 20.7 Å². The first-order valence-corrected chi connectivity index (χ1v) is 9.02. The Kier molecular flexibility index (Phi) is 8.56. The van der Waals surface area contributed by atoms with Gasteiger partial charge in [-0.15, -0.1) is 0 Å². The van der Waals surface area contributed by atoms with E-state index in [0.29, 0.717) is 35.8 Å². The van der Waals surface area contributed by atoms with Crippen molar-refractivity contribution >= 4 is 18.0 Å². The monoisotopic (exact) mass is 399 g/mol. The van der Waals surface area contributed by atoms with E-state index >= 15 is 0 Å². The Morgan fingerprint density at radius 1 is 0.931 bits per heavy atom. The second kappa shape index (κ2) is 11.4. The van der Waals surface area contributed by atoms with Crippen molar-refractivity contribution in [2.75, 3.05) is 34.5 Å². The number of hydrogen-bond donors (Lipinski definition) is 1. The normalized spacial score (nSPS) is 10.4. The first-order valence-electron chi connectivity index (χ1n) is 9.02. The zero-order valence-electron chi connectivity index (χ0n) is 16.8. The zero-order valence-corrected chi connectivity index (χ0v) is 16.8. The SMILES string of the molecule is COc1cc(OC)c(OC)cc1/C=C/C(=O)OCC(=O)NCCc1ccccc1. The van der Waals surface area contributed by atoms with Crippen molar-refractivity contribution in [1.29, 1.82) is 0 Å². The lowest BCUT2D eigenvalue weighted by Crippen LogP contribution is -2.30. The zero-order chi connectivity index (χ0) is 21.1. The average molecular weight is 399 g/mol. The molecule has 1 N–H and O–H groups in total. The summed E-state index contributed by atoms with van der Waals surface area (Å²) >= 11 is 0. The number of nitrogens with one attached hydrogen (secondary N) is 1. The molecule has 0 bridgehead atoms. The van der Waals surface area contributed by atoms with Gasteiger partial charge < -0.3 is 24.3 Å². The van der Waals surface area contributed by atoms with Gasteiger partial charge in [-0.2, -0.15) is 0 Å². The van der Waals surface area contributed by atoms with Crippen LogP contribution in [0, 0.1) is 0 Å². The number of amides is 1. The minimum absolute atomic E-state index is 0.346. The summed E-state index contributed by atoms with van der Waals surface area (Å²) in [5.41, 5.74) is 1.73. The minimum atomic E-state index is -0.639. The van der Waals surface area contributed by atoms with Crippen molar-refractivity contribution in [1.82, 2.24) is 5.32 Å². The predicted octanol–water partition coefficient (Wildman–Crippen LogP) is 2.63.